The van der Waals surface area contributed by atoms with E-state index in [9.17, 15) is 5.11 Å². The lowest BCUT2D eigenvalue weighted by atomic mass is 10.1. The van der Waals surface area contributed by atoms with Crippen LogP contribution in [0.2, 0.25) is 0 Å². The van der Waals surface area contributed by atoms with E-state index < -0.39 is 0 Å². The molecule has 0 bridgehead atoms. The first-order valence-corrected chi connectivity index (χ1v) is 10.4. The molecule has 0 radical (unpaired) electrons. The van der Waals surface area contributed by atoms with Gasteiger partial charge in [0.05, 0.1) is 19.4 Å². The van der Waals surface area contributed by atoms with Gasteiger partial charge in [-0.2, -0.15) is 0 Å². The van der Waals surface area contributed by atoms with Crippen LogP contribution in [0, 0.1) is 0 Å². The monoisotopic (exact) mass is 337 g/mol. The zero-order chi connectivity index (χ0) is 17.5. The second-order valence-corrected chi connectivity index (χ2v) is 7.29. The average Bonchev–Trinajstić information content (AvgIpc) is 2.99. The molecule has 3 nitrogen and oxygen atoms in total. The molecule has 1 heterocycles. The third-order valence-electron chi connectivity index (χ3n) is 5.50. The molecule has 0 aliphatic carbocycles. The molecule has 140 valence electrons. The van der Waals surface area contributed by atoms with E-state index in [0.29, 0.717) is 6.17 Å². The van der Waals surface area contributed by atoms with Gasteiger partial charge in [-0.3, -0.25) is 4.48 Å². The van der Waals surface area contributed by atoms with Gasteiger partial charge in [-0.25, -0.2) is 4.99 Å². The number of likely N-dealkylation sites (N-methyl/N-ethyl adjacent to an activating group) is 1. The molecular formula is C21H41N2O+. The summed E-state index contributed by atoms with van der Waals surface area (Å²) in [5.41, 5.74) is 0. The van der Waals surface area contributed by atoms with E-state index in [0.717, 1.165) is 24.1 Å². The van der Waals surface area contributed by atoms with E-state index in [1.54, 1.807) is 0 Å². The highest BCUT2D eigenvalue weighted by molar-refractivity contribution is 5.60. The van der Waals surface area contributed by atoms with Crippen LogP contribution in [0.1, 0.15) is 84.5 Å². The number of aliphatic hydroxyl groups is 1. The smallest absolute Gasteiger partial charge is 0.182 e. The Balaban J connectivity index is 2.02. The molecule has 3 heteroatoms. The van der Waals surface area contributed by atoms with Crippen molar-refractivity contribution in [2.75, 3.05) is 26.2 Å². The SMILES string of the molecule is CCCCCCC/C=C/CCCCCC1N=CC[N+]1(CC)CCO. The topological polar surface area (TPSA) is 32.6 Å². The average molecular weight is 338 g/mol. The molecule has 0 aromatic carbocycles. The molecule has 1 aliphatic heterocycles. The van der Waals surface area contributed by atoms with Gasteiger partial charge in [-0.1, -0.05) is 51.2 Å². The van der Waals surface area contributed by atoms with E-state index in [1.807, 2.05) is 0 Å². The number of quaternary nitrogens is 1. The summed E-state index contributed by atoms with van der Waals surface area (Å²) >= 11 is 0. The number of hydrogen-bond donors (Lipinski definition) is 1. The van der Waals surface area contributed by atoms with Crippen LogP contribution in [-0.2, 0) is 0 Å². The molecule has 1 N–H and O–H groups in total. The number of rotatable bonds is 15. The van der Waals surface area contributed by atoms with Crippen molar-refractivity contribution in [2.45, 2.75) is 90.6 Å². The summed E-state index contributed by atoms with van der Waals surface area (Å²) < 4.78 is 0.967. The molecule has 1 rings (SSSR count). The van der Waals surface area contributed by atoms with Crippen molar-refractivity contribution in [3.8, 4) is 0 Å². The Kier molecular flexibility index (Phi) is 12.1. The maximum Gasteiger partial charge on any atom is 0.182 e. The van der Waals surface area contributed by atoms with Gasteiger partial charge in [0.2, 0.25) is 0 Å². The van der Waals surface area contributed by atoms with Crippen LogP contribution in [0.5, 0.6) is 0 Å². The van der Waals surface area contributed by atoms with Crippen molar-refractivity contribution in [1.82, 2.24) is 0 Å². The van der Waals surface area contributed by atoms with E-state index in [4.69, 9.17) is 0 Å². The Bertz CT molecular complexity index is 354. The molecular weight excluding hydrogens is 296 g/mol. The minimum atomic E-state index is 0.275. The molecule has 0 fully saturated rings. The second kappa shape index (κ2) is 13.6. The fourth-order valence-corrected chi connectivity index (χ4v) is 3.75. The van der Waals surface area contributed by atoms with Gasteiger partial charge in [-0.05, 0) is 39.0 Å². The molecule has 0 saturated heterocycles. The largest absolute Gasteiger partial charge is 0.391 e. The molecule has 2 unspecified atom stereocenters. The Morgan fingerprint density at radius 1 is 1.00 bits per heavy atom. The third kappa shape index (κ3) is 7.94. The number of aliphatic hydroxyl groups excluding tert-OH is 1. The maximum atomic E-state index is 9.33. The standard InChI is InChI=1S/C21H41N2O/c1-3-5-6-7-8-9-10-11-12-13-14-15-16-21-22-17-18-23(21,4-2)19-20-24/h10-11,17,21,24H,3-9,12-16,18-20H2,1-2H3/q+1/b11-10+. The number of allylic oxidation sites excluding steroid dienone is 2. The number of aliphatic imine (C=N–C) groups is 1. The van der Waals surface area contributed by atoms with Crippen LogP contribution in [0.3, 0.4) is 0 Å². The lowest BCUT2D eigenvalue weighted by molar-refractivity contribution is -0.936. The summed E-state index contributed by atoms with van der Waals surface area (Å²) in [5.74, 6) is 0. The fraction of sp³-hybridized carbons (Fsp3) is 0.857. The van der Waals surface area contributed by atoms with Gasteiger partial charge >= 0.3 is 0 Å². The molecule has 0 aromatic heterocycles. The molecule has 0 aromatic rings. The fourth-order valence-electron chi connectivity index (χ4n) is 3.75. The maximum absolute atomic E-state index is 9.33. The third-order valence-corrected chi connectivity index (χ3v) is 5.50. The van der Waals surface area contributed by atoms with Gasteiger partial charge in [-0.15, -0.1) is 0 Å². The first kappa shape index (κ1) is 21.4. The van der Waals surface area contributed by atoms with Gasteiger partial charge in [0.1, 0.15) is 13.1 Å². The van der Waals surface area contributed by atoms with Gasteiger partial charge in [0.15, 0.2) is 6.17 Å². The summed E-state index contributed by atoms with van der Waals surface area (Å²) in [4.78, 5) is 4.69. The quantitative estimate of drug-likeness (QED) is 0.252. The highest BCUT2D eigenvalue weighted by Crippen LogP contribution is 2.23. The van der Waals surface area contributed by atoms with E-state index in [1.165, 1.54) is 70.6 Å². The Hall–Kier alpha value is -0.670. The normalized spacial score (nSPS) is 23.5. The second-order valence-electron chi connectivity index (χ2n) is 7.29. The highest BCUT2D eigenvalue weighted by atomic mass is 16.3. The van der Waals surface area contributed by atoms with Crippen LogP contribution >= 0.6 is 0 Å². The molecule has 0 saturated carbocycles. The van der Waals surface area contributed by atoms with Crippen molar-refractivity contribution in [3.05, 3.63) is 12.2 Å². The van der Waals surface area contributed by atoms with E-state index in [2.05, 4.69) is 37.2 Å². The molecule has 2 atom stereocenters. The van der Waals surface area contributed by atoms with Crippen LogP contribution in [0.4, 0.5) is 0 Å². The van der Waals surface area contributed by atoms with Crippen LogP contribution in [0.25, 0.3) is 0 Å². The minimum Gasteiger partial charge on any atom is -0.391 e. The van der Waals surface area contributed by atoms with Crippen molar-refractivity contribution in [2.24, 2.45) is 4.99 Å². The predicted octanol–water partition coefficient (Wildman–Crippen LogP) is 5.09. The molecule has 1 aliphatic rings. The van der Waals surface area contributed by atoms with Crippen LogP contribution in [-0.4, -0.2) is 48.2 Å². The molecule has 0 spiro atoms. The minimum absolute atomic E-state index is 0.275. The molecule has 24 heavy (non-hydrogen) atoms. The Labute approximate surface area is 150 Å². The lowest BCUT2D eigenvalue weighted by Crippen LogP contribution is -2.53. The zero-order valence-corrected chi connectivity index (χ0v) is 16.3. The van der Waals surface area contributed by atoms with E-state index in [-0.39, 0.29) is 6.61 Å². The summed E-state index contributed by atoms with van der Waals surface area (Å²) in [7, 11) is 0. The van der Waals surface area contributed by atoms with Gasteiger partial charge in [0, 0.05) is 6.42 Å². The lowest BCUT2D eigenvalue weighted by Gasteiger charge is -2.37. The number of nitrogens with zero attached hydrogens (tertiary/aromatic N) is 2. The van der Waals surface area contributed by atoms with Crippen LogP contribution < -0.4 is 0 Å². The predicted molar refractivity (Wildman–Crippen MR) is 106 cm³/mol. The first-order valence-electron chi connectivity index (χ1n) is 10.4. The highest BCUT2D eigenvalue weighted by Gasteiger charge is 2.36. The summed E-state index contributed by atoms with van der Waals surface area (Å²) in [6.07, 6.45) is 21.6. The van der Waals surface area contributed by atoms with Gasteiger partial charge < -0.3 is 5.11 Å². The summed E-state index contributed by atoms with van der Waals surface area (Å²) in [6.45, 7) is 7.70. The van der Waals surface area contributed by atoms with Crippen molar-refractivity contribution >= 4 is 6.21 Å². The van der Waals surface area contributed by atoms with Crippen LogP contribution in [0.15, 0.2) is 17.1 Å². The van der Waals surface area contributed by atoms with Crippen molar-refractivity contribution in [1.29, 1.82) is 0 Å². The first-order chi connectivity index (χ1) is 11.8. The van der Waals surface area contributed by atoms with Crippen molar-refractivity contribution in [3.63, 3.8) is 0 Å². The summed E-state index contributed by atoms with van der Waals surface area (Å²) in [5, 5.41) is 9.33. The number of unbranched alkanes of at least 4 members (excludes halogenated alkanes) is 8. The van der Waals surface area contributed by atoms with E-state index >= 15 is 0 Å². The Morgan fingerprint density at radius 2 is 1.67 bits per heavy atom. The summed E-state index contributed by atoms with van der Waals surface area (Å²) in [6, 6.07) is 0. The van der Waals surface area contributed by atoms with Crippen molar-refractivity contribution < 1.29 is 9.59 Å². The van der Waals surface area contributed by atoms with Gasteiger partial charge in [0.25, 0.3) is 0 Å². The zero-order valence-electron chi connectivity index (χ0n) is 16.3. The number of hydrogen-bond acceptors (Lipinski definition) is 2. The Morgan fingerprint density at radius 3 is 2.29 bits per heavy atom. The molecule has 0 amide bonds.